The van der Waals surface area contributed by atoms with E-state index in [0.717, 1.165) is 70.5 Å². The maximum absolute atomic E-state index is 11.9. The van der Waals surface area contributed by atoms with Crippen molar-refractivity contribution in [1.29, 1.82) is 5.26 Å². The lowest BCUT2D eigenvalue weighted by Gasteiger charge is -2.55. The van der Waals surface area contributed by atoms with Crippen LogP contribution in [0.25, 0.3) is 0 Å². The Morgan fingerprint density at radius 1 is 1.11 bits per heavy atom. The Kier molecular flexibility index (Phi) is 7.57. The lowest BCUT2D eigenvalue weighted by Crippen LogP contribution is -2.61. The van der Waals surface area contributed by atoms with Gasteiger partial charge in [0.05, 0.1) is 18.2 Å². The standard InChI is InChI=1S/C30H36N4O4/c1-38-28(35)27-8-7-25(17-24(27)18-31)33-20-30(21-33)10-13-32(14-11-30)19-23-9-12-34(29(36)37)26(16-23)15-22-5-3-2-4-6-22/h2-8,17,23,26H,9-16,19-21H2,1H3,(H,36,37). The van der Waals surface area contributed by atoms with Gasteiger partial charge >= 0.3 is 12.1 Å². The van der Waals surface area contributed by atoms with E-state index in [1.165, 1.54) is 12.7 Å². The molecule has 2 aromatic rings. The van der Waals surface area contributed by atoms with Crippen LogP contribution in [0.1, 0.15) is 47.2 Å². The molecule has 1 amide bonds. The number of carbonyl (C=O) groups is 2. The fourth-order valence-electron chi connectivity index (χ4n) is 6.58. The molecule has 5 rings (SSSR count). The number of hydrogen-bond acceptors (Lipinski definition) is 6. The van der Waals surface area contributed by atoms with Crippen molar-refractivity contribution in [3.63, 3.8) is 0 Å². The van der Waals surface area contributed by atoms with Gasteiger partial charge in [-0.25, -0.2) is 9.59 Å². The number of likely N-dealkylation sites (tertiary alicyclic amines) is 2. The molecule has 200 valence electrons. The van der Waals surface area contributed by atoms with E-state index in [2.05, 4.69) is 28.0 Å². The molecule has 3 saturated heterocycles. The number of rotatable bonds is 6. The van der Waals surface area contributed by atoms with E-state index in [0.29, 0.717) is 29.0 Å². The highest BCUT2D eigenvalue weighted by Gasteiger charge is 2.45. The zero-order chi connectivity index (χ0) is 26.7. The normalized spacial score (nSPS) is 22.9. The Hall–Kier alpha value is -3.57. The number of carbonyl (C=O) groups excluding carboxylic acids is 1. The van der Waals surface area contributed by atoms with E-state index in [1.807, 2.05) is 24.3 Å². The van der Waals surface area contributed by atoms with Crippen LogP contribution in [0.3, 0.4) is 0 Å². The van der Waals surface area contributed by atoms with Crippen LogP contribution in [0.4, 0.5) is 10.5 Å². The first-order valence-electron chi connectivity index (χ1n) is 13.5. The van der Waals surface area contributed by atoms with Crippen LogP contribution in [0.2, 0.25) is 0 Å². The summed E-state index contributed by atoms with van der Waals surface area (Å²) in [4.78, 5) is 30.3. The van der Waals surface area contributed by atoms with E-state index in [9.17, 15) is 20.0 Å². The van der Waals surface area contributed by atoms with Crippen molar-refractivity contribution >= 4 is 17.7 Å². The summed E-state index contributed by atoms with van der Waals surface area (Å²) in [6.07, 6.45) is 4.11. The monoisotopic (exact) mass is 516 g/mol. The van der Waals surface area contributed by atoms with Crippen LogP contribution in [-0.2, 0) is 11.2 Å². The Morgan fingerprint density at radius 2 is 1.84 bits per heavy atom. The van der Waals surface area contributed by atoms with Crippen molar-refractivity contribution in [3.8, 4) is 6.07 Å². The van der Waals surface area contributed by atoms with Crippen LogP contribution in [0, 0.1) is 22.7 Å². The number of carboxylic acid groups (broad SMARTS) is 1. The van der Waals surface area contributed by atoms with Crippen LogP contribution >= 0.6 is 0 Å². The molecule has 38 heavy (non-hydrogen) atoms. The fraction of sp³-hybridized carbons (Fsp3) is 0.500. The van der Waals surface area contributed by atoms with Gasteiger partial charge in [-0.1, -0.05) is 30.3 Å². The predicted molar refractivity (Wildman–Crippen MR) is 144 cm³/mol. The molecule has 2 atom stereocenters. The van der Waals surface area contributed by atoms with Gasteiger partial charge in [-0.2, -0.15) is 5.26 Å². The lowest BCUT2D eigenvalue weighted by molar-refractivity contribution is 0.0457. The maximum atomic E-state index is 11.9. The van der Waals surface area contributed by atoms with E-state index in [-0.39, 0.29) is 6.04 Å². The number of piperidine rings is 2. The van der Waals surface area contributed by atoms with Gasteiger partial charge in [0.15, 0.2) is 0 Å². The molecule has 3 fully saturated rings. The molecule has 0 saturated carbocycles. The second-order valence-corrected chi connectivity index (χ2v) is 11.2. The average molecular weight is 517 g/mol. The van der Waals surface area contributed by atoms with Gasteiger partial charge in [0.1, 0.15) is 6.07 Å². The van der Waals surface area contributed by atoms with Gasteiger partial charge in [0, 0.05) is 43.3 Å². The Balaban J connectivity index is 1.13. The number of ether oxygens (including phenoxy) is 1. The van der Waals surface area contributed by atoms with Gasteiger partial charge < -0.3 is 24.5 Å². The number of methoxy groups -OCH3 is 1. The quantitative estimate of drug-likeness (QED) is 0.574. The summed E-state index contributed by atoms with van der Waals surface area (Å²) < 4.78 is 4.79. The minimum Gasteiger partial charge on any atom is -0.465 e. The smallest absolute Gasteiger partial charge is 0.407 e. The number of anilines is 1. The predicted octanol–water partition coefficient (Wildman–Crippen LogP) is 4.25. The summed E-state index contributed by atoms with van der Waals surface area (Å²) in [7, 11) is 1.32. The van der Waals surface area contributed by atoms with E-state index < -0.39 is 12.1 Å². The van der Waals surface area contributed by atoms with E-state index in [1.54, 1.807) is 17.0 Å². The topological polar surface area (TPSA) is 97.1 Å². The summed E-state index contributed by atoms with van der Waals surface area (Å²) in [5, 5.41) is 19.2. The third kappa shape index (κ3) is 5.48. The summed E-state index contributed by atoms with van der Waals surface area (Å²) in [5.74, 6) is 0.0320. The molecule has 3 heterocycles. The second kappa shape index (κ2) is 11.0. The summed E-state index contributed by atoms with van der Waals surface area (Å²) in [6, 6.07) is 17.8. The van der Waals surface area contributed by atoms with Crippen LogP contribution in [0.5, 0.6) is 0 Å². The summed E-state index contributed by atoms with van der Waals surface area (Å²) in [6.45, 7) is 5.74. The Morgan fingerprint density at radius 3 is 2.50 bits per heavy atom. The Labute approximate surface area is 224 Å². The number of esters is 1. The molecule has 0 bridgehead atoms. The van der Waals surface area contributed by atoms with Gasteiger partial charge in [-0.3, -0.25) is 0 Å². The number of amides is 1. The van der Waals surface area contributed by atoms with Gasteiger partial charge in [-0.05, 0) is 74.9 Å². The van der Waals surface area contributed by atoms with Crippen molar-refractivity contribution in [2.75, 3.05) is 51.3 Å². The number of nitriles is 1. The first-order valence-corrected chi connectivity index (χ1v) is 13.5. The average Bonchev–Trinajstić information content (AvgIpc) is 2.92. The molecule has 0 radical (unpaired) electrons. The van der Waals surface area contributed by atoms with Crippen molar-refractivity contribution < 1.29 is 19.4 Å². The van der Waals surface area contributed by atoms with Crippen molar-refractivity contribution in [2.45, 2.75) is 38.1 Å². The largest absolute Gasteiger partial charge is 0.465 e. The van der Waals surface area contributed by atoms with E-state index >= 15 is 0 Å². The molecule has 1 spiro atoms. The Bertz CT molecular complexity index is 1190. The van der Waals surface area contributed by atoms with Gasteiger partial charge in [0.25, 0.3) is 0 Å². The number of nitrogens with zero attached hydrogens (tertiary/aromatic N) is 4. The highest BCUT2D eigenvalue weighted by molar-refractivity contribution is 5.92. The summed E-state index contributed by atoms with van der Waals surface area (Å²) in [5.41, 5.74) is 3.15. The first kappa shape index (κ1) is 26.1. The molecule has 2 unspecified atom stereocenters. The maximum Gasteiger partial charge on any atom is 0.407 e. The molecule has 8 nitrogen and oxygen atoms in total. The molecule has 0 aliphatic carbocycles. The van der Waals surface area contributed by atoms with Crippen LogP contribution < -0.4 is 4.90 Å². The molecule has 2 aromatic carbocycles. The fourth-order valence-corrected chi connectivity index (χ4v) is 6.58. The molecule has 1 N–H and O–H groups in total. The number of hydrogen-bond donors (Lipinski definition) is 1. The molecule has 8 heteroatoms. The minimum atomic E-state index is -0.805. The molecular weight excluding hydrogens is 480 g/mol. The van der Waals surface area contributed by atoms with E-state index in [4.69, 9.17) is 4.74 Å². The summed E-state index contributed by atoms with van der Waals surface area (Å²) >= 11 is 0. The van der Waals surface area contributed by atoms with Crippen molar-refractivity contribution in [3.05, 3.63) is 65.2 Å². The highest BCUT2D eigenvalue weighted by atomic mass is 16.5. The third-order valence-electron chi connectivity index (χ3n) is 8.76. The highest BCUT2D eigenvalue weighted by Crippen LogP contribution is 2.43. The van der Waals surface area contributed by atoms with Crippen LogP contribution in [0.15, 0.2) is 48.5 Å². The zero-order valence-electron chi connectivity index (χ0n) is 22.0. The molecule has 3 aliphatic heterocycles. The van der Waals surface area contributed by atoms with Crippen LogP contribution in [-0.4, -0.2) is 79.4 Å². The van der Waals surface area contributed by atoms with Crippen molar-refractivity contribution in [2.24, 2.45) is 11.3 Å². The first-order chi connectivity index (χ1) is 18.4. The lowest BCUT2D eigenvalue weighted by atomic mass is 9.71. The van der Waals surface area contributed by atoms with Gasteiger partial charge in [0.2, 0.25) is 0 Å². The van der Waals surface area contributed by atoms with Crippen molar-refractivity contribution in [1.82, 2.24) is 9.80 Å². The molecule has 3 aliphatic rings. The van der Waals surface area contributed by atoms with Gasteiger partial charge in [-0.15, -0.1) is 0 Å². The number of benzene rings is 2. The minimum absolute atomic E-state index is 0.0360. The zero-order valence-corrected chi connectivity index (χ0v) is 22.0. The third-order valence-corrected chi connectivity index (χ3v) is 8.76. The molecule has 0 aromatic heterocycles. The SMILES string of the molecule is COC(=O)c1ccc(N2CC3(CCN(CC4CCN(C(=O)O)C(Cc5ccccc5)C4)CC3)C2)cc1C#N. The molecular formula is C30H36N4O4. The second-order valence-electron chi connectivity index (χ2n) is 11.2.